The van der Waals surface area contributed by atoms with Gasteiger partial charge < -0.3 is 44.6 Å². The lowest BCUT2D eigenvalue weighted by Crippen LogP contribution is -3.00. The molecule has 0 rings (SSSR count). The first-order chi connectivity index (χ1) is 2.83. The van der Waals surface area contributed by atoms with Crippen molar-refractivity contribution in [2.45, 2.75) is 0 Å². The van der Waals surface area contributed by atoms with Crippen LogP contribution >= 0.6 is 0 Å². The summed E-state index contributed by atoms with van der Waals surface area (Å²) in [5.41, 5.74) is 0. The molecule has 4 heteroatoms. The zero-order chi connectivity index (χ0) is 5.41. The van der Waals surface area contributed by atoms with Crippen molar-refractivity contribution in [3.63, 3.8) is 0 Å². The van der Waals surface area contributed by atoms with Crippen LogP contribution in [0.1, 0.15) is 0 Å². The van der Waals surface area contributed by atoms with Crippen molar-refractivity contribution < 1.29 is 44.6 Å². The standard InChI is InChI=1S/2C2H7N.2BrH/c2*1-3-2;;/h2*3H,1-2H3;2*1H. The molecule has 0 atom stereocenters. The van der Waals surface area contributed by atoms with Crippen molar-refractivity contribution in [2.24, 2.45) is 0 Å². The molecule has 4 N–H and O–H groups in total. The lowest BCUT2D eigenvalue weighted by Gasteiger charge is -1.57. The molecule has 0 aromatic heterocycles. The van der Waals surface area contributed by atoms with Gasteiger partial charge in [0.15, 0.2) is 0 Å². The Morgan fingerprint density at radius 2 is 0.625 bits per heavy atom. The second-order valence-corrected chi connectivity index (χ2v) is 1.15. The summed E-state index contributed by atoms with van der Waals surface area (Å²) in [6, 6.07) is 0. The molecule has 8 heavy (non-hydrogen) atoms. The second kappa shape index (κ2) is 45.0. The van der Waals surface area contributed by atoms with Crippen LogP contribution in [0.2, 0.25) is 0 Å². The van der Waals surface area contributed by atoms with Gasteiger partial charge in [0.1, 0.15) is 0 Å². The molecule has 0 saturated carbocycles. The van der Waals surface area contributed by atoms with E-state index in [2.05, 4.69) is 0 Å². The minimum atomic E-state index is 0. The van der Waals surface area contributed by atoms with Gasteiger partial charge in [0.2, 0.25) is 0 Å². The molecule has 0 fully saturated rings. The molecule has 2 nitrogen and oxygen atoms in total. The lowest BCUT2D eigenvalue weighted by atomic mass is 11.3. The zero-order valence-electron chi connectivity index (χ0n) is 5.91. The van der Waals surface area contributed by atoms with Gasteiger partial charge in [-0.25, -0.2) is 0 Å². The number of rotatable bonds is 0. The molecule has 0 spiro atoms. The molecule has 0 amide bonds. The van der Waals surface area contributed by atoms with Crippen LogP contribution < -0.4 is 44.6 Å². The van der Waals surface area contributed by atoms with Crippen LogP contribution in [0.5, 0.6) is 0 Å². The van der Waals surface area contributed by atoms with E-state index in [9.17, 15) is 0 Å². The monoisotopic (exact) mass is 250 g/mol. The minimum Gasteiger partial charge on any atom is -1.00 e. The molecule has 0 bridgehead atoms. The van der Waals surface area contributed by atoms with Gasteiger partial charge in [-0.05, 0) is 0 Å². The Morgan fingerprint density at radius 1 is 0.625 bits per heavy atom. The van der Waals surface area contributed by atoms with Gasteiger partial charge in [0.05, 0.1) is 28.2 Å². The van der Waals surface area contributed by atoms with Gasteiger partial charge >= 0.3 is 0 Å². The van der Waals surface area contributed by atoms with E-state index in [0.717, 1.165) is 0 Å². The predicted molar refractivity (Wildman–Crippen MR) is 27.5 cm³/mol. The number of hydrogen-bond donors (Lipinski definition) is 2. The van der Waals surface area contributed by atoms with E-state index in [1.54, 1.807) is 0 Å². The van der Waals surface area contributed by atoms with Crippen LogP contribution in [0.15, 0.2) is 0 Å². The van der Waals surface area contributed by atoms with Gasteiger partial charge in [-0.2, -0.15) is 0 Å². The van der Waals surface area contributed by atoms with Crippen LogP contribution in [0.25, 0.3) is 0 Å². The Morgan fingerprint density at radius 3 is 0.625 bits per heavy atom. The van der Waals surface area contributed by atoms with E-state index >= 15 is 0 Å². The highest BCUT2D eigenvalue weighted by molar-refractivity contribution is 3.35. The van der Waals surface area contributed by atoms with E-state index in [-0.39, 0.29) is 34.0 Å². The minimum absolute atomic E-state index is 0. The van der Waals surface area contributed by atoms with Crippen molar-refractivity contribution in [2.75, 3.05) is 28.2 Å². The summed E-state index contributed by atoms with van der Waals surface area (Å²) in [6.45, 7) is 0. The van der Waals surface area contributed by atoms with Gasteiger partial charge in [0, 0.05) is 0 Å². The number of halogens is 2. The van der Waals surface area contributed by atoms with E-state index in [1.807, 2.05) is 38.8 Å². The Labute approximate surface area is 73.0 Å². The third-order valence-electron chi connectivity index (χ3n) is 0. The zero-order valence-corrected chi connectivity index (χ0v) is 9.08. The molecule has 0 aliphatic heterocycles. The highest BCUT2D eigenvalue weighted by Crippen LogP contribution is 0.589. The van der Waals surface area contributed by atoms with Crippen molar-refractivity contribution in [3.05, 3.63) is 0 Å². The van der Waals surface area contributed by atoms with Gasteiger partial charge in [-0.15, -0.1) is 0 Å². The molecule has 0 aliphatic carbocycles. The molecule has 0 heterocycles. The fourth-order valence-electron chi connectivity index (χ4n) is 0. The van der Waals surface area contributed by atoms with E-state index < -0.39 is 0 Å². The summed E-state index contributed by atoms with van der Waals surface area (Å²) < 4.78 is 0. The summed E-state index contributed by atoms with van der Waals surface area (Å²) in [4.78, 5) is 0. The average molecular weight is 252 g/mol. The molecule has 0 saturated heterocycles. The number of nitrogens with two attached hydrogens (primary N) is 2. The largest absolute Gasteiger partial charge is 1.00 e. The molecule has 0 aliphatic rings. The van der Waals surface area contributed by atoms with Crippen molar-refractivity contribution in [1.29, 1.82) is 0 Å². The highest BCUT2D eigenvalue weighted by Gasteiger charge is 1.29. The first-order valence-corrected chi connectivity index (χ1v) is 2.31. The van der Waals surface area contributed by atoms with Gasteiger partial charge in [0.25, 0.3) is 0 Å². The van der Waals surface area contributed by atoms with Crippen molar-refractivity contribution in [1.82, 2.24) is 0 Å². The SMILES string of the molecule is C[NH2+]C.C[NH2+]C.[Br-].[Br-]. The van der Waals surface area contributed by atoms with Gasteiger partial charge in [-0.3, -0.25) is 0 Å². The van der Waals surface area contributed by atoms with Crippen molar-refractivity contribution >= 4 is 0 Å². The normalized spacial score (nSPS) is 4.50. The second-order valence-electron chi connectivity index (χ2n) is 1.15. The molecule has 0 aromatic rings. The van der Waals surface area contributed by atoms with Crippen LogP contribution in [-0.4, -0.2) is 28.2 Å². The Hall–Kier alpha value is 0.880. The fraction of sp³-hybridized carbons (Fsp3) is 1.00. The first-order valence-electron chi connectivity index (χ1n) is 2.31. The summed E-state index contributed by atoms with van der Waals surface area (Å²) in [5.74, 6) is 0. The molecular weight excluding hydrogens is 236 g/mol. The Bertz CT molecular complexity index is 14.0. The van der Waals surface area contributed by atoms with E-state index in [1.165, 1.54) is 0 Å². The highest BCUT2D eigenvalue weighted by atomic mass is 79.9. The molecular formula is C4H16Br2N2. The maximum Gasteiger partial charge on any atom is 0.0647 e. The maximum atomic E-state index is 2.00. The quantitative estimate of drug-likeness (QED) is 0.429. The summed E-state index contributed by atoms with van der Waals surface area (Å²) in [7, 11) is 8.00. The molecule has 0 aromatic carbocycles. The van der Waals surface area contributed by atoms with Gasteiger partial charge in [-0.1, -0.05) is 0 Å². The molecule has 0 radical (unpaired) electrons. The molecule has 0 unspecified atom stereocenters. The topological polar surface area (TPSA) is 33.2 Å². The first kappa shape index (κ1) is 23.2. The van der Waals surface area contributed by atoms with Crippen LogP contribution in [0.3, 0.4) is 0 Å². The smallest absolute Gasteiger partial charge is 0.0647 e. The van der Waals surface area contributed by atoms with E-state index in [0.29, 0.717) is 0 Å². The van der Waals surface area contributed by atoms with Crippen LogP contribution in [0, 0.1) is 0 Å². The van der Waals surface area contributed by atoms with Crippen molar-refractivity contribution in [3.8, 4) is 0 Å². The third kappa shape index (κ3) is 307. The predicted octanol–water partition coefficient (Wildman–Crippen LogP) is -8.37. The lowest BCUT2D eigenvalue weighted by molar-refractivity contribution is -0.597. The summed E-state index contributed by atoms with van der Waals surface area (Å²) in [5, 5.41) is 4.00. The Balaban J connectivity index is -0.0000000160. The van der Waals surface area contributed by atoms with Crippen LogP contribution in [0.4, 0.5) is 0 Å². The van der Waals surface area contributed by atoms with Crippen LogP contribution in [-0.2, 0) is 0 Å². The maximum absolute atomic E-state index is 2.00. The summed E-state index contributed by atoms with van der Waals surface area (Å²) in [6.07, 6.45) is 0. The summed E-state index contributed by atoms with van der Waals surface area (Å²) >= 11 is 0. The number of quaternary nitrogens is 2. The van der Waals surface area contributed by atoms with E-state index in [4.69, 9.17) is 0 Å². The molecule has 56 valence electrons. The fourth-order valence-corrected chi connectivity index (χ4v) is 0. The average Bonchev–Trinajstić information content (AvgIpc) is 1.39. The third-order valence-corrected chi connectivity index (χ3v) is 0. The Kier molecular flexibility index (Phi) is 130. The number of hydrogen-bond acceptors (Lipinski definition) is 0.